The number of carbonyl (C=O) groups is 4. The van der Waals surface area contributed by atoms with Gasteiger partial charge in [-0.3, -0.25) is 24.2 Å². The molecular formula is C23H21N3O6. The summed E-state index contributed by atoms with van der Waals surface area (Å²) in [6.07, 6.45) is 0.938. The van der Waals surface area contributed by atoms with Crippen molar-refractivity contribution in [1.29, 1.82) is 0 Å². The number of rotatable bonds is 6. The minimum absolute atomic E-state index is 0.120. The lowest BCUT2D eigenvalue weighted by atomic mass is 9.91. The number of imide groups is 2. The first-order valence-corrected chi connectivity index (χ1v) is 10.4. The number of nitrogens with one attached hydrogen (secondary N) is 1. The standard InChI is InChI=1S/C23H21N3O6/c1-23(14-8-9-17-18(12-14)32-13-31-17)21(29)26(22(30)24-23)11-5-4-10-25-19(27)15-6-2-3-7-16(15)20(25)28/h2-3,6-9,12H,4-5,10-11,13H2,1H3,(H,24,30)/t23-/m0/s1. The molecule has 0 aliphatic carbocycles. The number of ether oxygens (including phenoxy) is 2. The topological polar surface area (TPSA) is 105 Å². The van der Waals surface area contributed by atoms with Gasteiger partial charge in [-0.15, -0.1) is 0 Å². The normalized spacial score (nSPS) is 21.4. The molecule has 0 saturated carbocycles. The zero-order valence-corrected chi connectivity index (χ0v) is 17.4. The van der Waals surface area contributed by atoms with E-state index in [1.54, 1.807) is 49.4 Å². The molecule has 3 aliphatic rings. The molecule has 0 unspecified atom stereocenters. The third kappa shape index (κ3) is 3.00. The summed E-state index contributed by atoms with van der Waals surface area (Å²) in [5.74, 6) is 0.151. The van der Waals surface area contributed by atoms with Crippen molar-refractivity contribution >= 4 is 23.8 Å². The van der Waals surface area contributed by atoms with Crippen LogP contribution in [-0.4, -0.2) is 53.4 Å². The molecule has 0 aromatic heterocycles. The van der Waals surface area contributed by atoms with Gasteiger partial charge in [-0.2, -0.15) is 0 Å². The van der Waals surface area contributed by atoms with Gasteiger partial charge in [-0.05, 0) is 49.6 Å². The Morgan fingerprint density at radius 3 is 2.19 bits per heavy atom. The maximum Gasteiger partial charge on any atom is 0.325 e. The zero-order chi connectivity index (χ0) is 22.5. The predicted octanol–water partition coefficient (Wildman–Crippen LogP) is 2.26. The van der Waals surface area contributed by atoms with Gasteiger partial charge in [0.2, 0.25) is 6.79 Å². The fraction of sp³-hybridized carbons (Fsp3) is 0.304. The van der Waals surface area contributed by atoms with E-state index < -0.39 is 11.6 Å². The maximum absolute atomic E-state index is 13.1. The fourth-order valence-corrected chi connectivity index (χ4v) is 4.29. The van der Waals surface area contributed by atoms with Crippen molar-refractivity contribution in [1.82, 2.24) is 15.1 Å². The third-order valence-electron chi connectivity index (χ3n) is 6.12. The van der Waals surface area contributed by atoms with Crippen LogP contribution < -0.4 is 14.8 Å². The van der Waals surface area contributed by atoms with Crippen LogP contribution >= 0.6 is 0 Å². The Kier molecular flexibility index (Phi) is 4.61. The van der Waals surface area contributed by atoms with Gasteiger partial charge in [0.25, 0.3) is 17.7 Å². The van der Waals surface area contributed by atoms with Crippen LogP contribution in [-0.2, 0) is 10.3 Å². The SMILES string of the molecule is C[C@@]1(c2ccc3c(c2)OCO3)NC(=O)N(CCCCN2C(=O)c3ccccc3C2=O)C1=O. The highest BCUT2D eigenvalue weighted by molar-refractivity contribution is 6.21. The lowest BCUT2D eigenvalue weighted by Crippen LogP contribution is -2.41. The van der Waals surface area contributed by atoms with Gasteiger partial charge >= 0.3 is 6.03 Å². The molecule has 2 aromatic carbocycles. The first-order chi connectivity index (χ1) is 15.4. The van der Waals surface area contributed by atoms with Crippen LogP contribution in [0.15, 0.2) is 42.5 Å². The molecule has 0 spiro atoms. The Morgan fingerprint density at radius 1 is 0.875 bits per heavy atom. The van der Waals surface area contributed by atoms with Gasteiger partial charge in [0.1, 0.15) is 5.54 Å². The summed E-state index contributed by atoms with van der Waals surface area (Å²) in [5, 5.41) is 2.77. The van der Waals surface area contributed by atoms with Gasteiger partial charge in [0.15, 0.2) is 11.5 Å². The minimum atomic E-state index is -1.21. The average molecular weight is 435 g/mol. The number of amides is 5. The van der Waals surface area contributed by atoms with E-state index >= 15 is 0 Å². The molecule has 2 aromatic rings. The number of hydrogen-bond acceptors (Lipinski definition) is 6. The number of fused-ring (bicyclic) bond motifs is 2. The third-order valence-corrected chi connectivity index (χ3v) is 6.12. The molecule has 9 heteroatoms. The number of hydrogen-bond donors (Lipinski definition) is 1. The molecule has 32 heavy (non-hydrogen) atoms. The summed E-state index contributed by atoms with van der Waals surface area (Å²) >= 11 is 0. The molecule has 9 nitrogen and oxygen atoms in total. The average Bonchev–Trinajstić information content (AvgIpc) is 3.42. The number of carbonyl (C=O) groups excluding carboxylic acids is 4. The molecule has 1 atom stereocenters. The van der Waals surface area contributed by atoms with Crippen molar-refractivity contribution in [2.45, 2.75) is 25.3 Å². The second-order valence-corrected chi connectivity index (χ2v) is 8.09. The van der Waals surface area contributed by atoms with Crippen molar-refractivity contribution in [3.8, 4) is 11.5 Å². The van der Waals surface area contributed by atoms with E-state index in [2.05, 4.69) is 5.32 Å². The van der Waals surface area contributed by atoms with Crippen LogP contribution in [0.3, 0.4) is 0 Å². The van der Waals surface area contributed by atoms with Crippen molar-refractivity contribution in [2.75, 3.05) is 19.9 Å². The van der Waals surface area contributed by atoms with Gasteiger partial charge in [-0.1, -0.05) is 18.2 Å². The summed E-state index contributed by atoms with van der Waals surface area (Å²) in [5.41, 5.74) is 0.214. The first kappa shape index (κ1) is 20.0. The van der Waals surface area contributed by atoms with Crippen LogP contribution in [0.5, 0.6) is 11.5 Å². The van der Waals surface area contributed by atoms with Crippen LogP contribution in [0.1, 0.15) is 46.0 Å². The van der Waals surface area contributed by atoms with E-state index in [9.17, 15) is 19.2 Å². The molecule has 3 aliphatic heterocycles. The zero-order valence-electron chi connectivity index (χ0n) is 17.4. The Bertz CT molecular complexity index is 1130. The van der Waals surface area contributed by atoms with Crippen LogP contribution in [0.2, 0.25) is 0 Å². The Morgan fingerprint density at radius 2 is 1.50 bits per heavy atom. The monoisotopic (exact) mass is 435 g/mol. The summed E-state index contributed by atoms with van der Waals surface area (Å²) < 4.78 is 10.7. The molecule has 5 amide bonds. The van der Waals surface area contributed by atoms with E-state index in [4.69, 9.17) is 9.47 Å². The van der Waals surface area contributed by atoms with Crippen molar-refractivity contribution in [2.24, 2.45) is 0 Å². The van der Waals surface area contributed by atoms with E-state index in [-0.39, 0.29) is 37.6 Å². The first-order valence-electron chi connectivity index (χ1n) is 10.4. The van der Waals surface area contributed by atoms with Gasteiger partial charge < -0.3 is 14.8 Å². The molecule has 1 saturated heterocycles. The van der Waals surface area contributed by atoms with E-state index in [0.717, 1.165) is 0 Å². The van der Waals surface area contributed by atoms with Crippen molar-refractivity contribution < 1.29 is 28.7 Å². The summed E-state index contributed by atoms with van der Waals surface area (Å²) in [6.45, 7) is 2.20. The number of unbranched alkanes of at least 4 members (excludes halogenated alkanes) is 1. The van der Waals surface area contributed by atoms with Crippen molar-refractivity contribution in [3.05, 3.63) is 59.2 Å². The Balaban J connectivity index is 1.21. The quantitative estimate of drug-likeness (QED) is 0.424. The molecule has 5 rings (SSSR count). The highest BCUT2D eigenvalue weighted by Crippen LogP contribution is 2.37. The number of benzene rings is 2. The lowest BCUT2D eigenvalue weighted by molar-refractivity contribution is -0.131. The highest BCUT2D eigenvalue weighted by atomic mass is 16.7. The Hall–Kier alpha value is -3.88. The van der Waals surface area contributed by atoms with Gasteiger partial charge in [0.05, 0.1) is 11.1 Å². The summed E-state index contributed by atoms with van der Waals surface area (Å²) in [6, 6.07) is 11.4. The second kappa shape index (κ2) is 7.37. The maximum atomic E-state index is 13.1. The largest absolute Gasteiger partial charge is 0.454 e. The molecule has 0 radical (unpaired) electrons. The number of nitrogens with zero attached hydrogens (tertiary/aromatic N) is 2. The molecule has 164 valence electrons. The molecule has 0 bridgehead atoms. The molecule has 1 fully saturated rings. The lowest BCUT2D eigenvalue weighted by Gasteiger charge is -2.22. The fourth-order valence-electron chi connectivity index (χ4n) is 4.29. The van der Waals surface area contributed by atoms with E-state index in [0.29, 0.717) is 41.0 Å². The van der Waals surface area contributed by atoms with Crippen molar-refractivity contribution in [3.63, 3.8) is 0 Å². The van der Waals surface area contributed by atoms with Gasteiger partial charge in [0, 0.05) is 13.1 Å². The summed E-state index contributed by atoms with van der Waals surface area (Å²) in [7, 11) is 0. The van der Waals surface area contributed by atoms with E-state index in [1.165, 1.54) is 9.80 Å². The highest BCUT2D eigenvalue weighted by Gasteiger charge is 2.49. The van der Waals surface area contributed by atoms with Gasteiger partial charge in [-0.25, -0.2) is 4.79 Å². The summed E-state index contributed by atoms with van der Waals surface area (Å²) in [4.78, 5) is 52.9. The molecule has 1 N–H and O–H groups in total. The number of urea groups is 1. The molecular weight excluding hydrogens is 414 g/mol. The molecule has 3 heterocycles. The van der Waals surface area contributed by atoms with Crippen LogP contribution in [0.25, 0.3) is 0 Å². The minimum Gasteiger partial charge on any atom is -0.454 e. The van der Waals surface area contributed by atoms with Crippen LogP contribution in [0, 0.1) is 0 Å². The van der Waals surface area contributed by atoms with Crippen LogP contribution in [0.4, 0.5) is 4.79 Å². The Labute approximate surface area is 183 Å². The smallest absolute Gasteiger partial charge is 0.325 e. The predicted molar refractivity (Wildman–Crippen MR) is 111 cm³/mol. The second-order valence-electron chi connectivity index (χ2n) is 8.09. The van der Waals surface area contributed by atoms with E-state index in [1.807, 2.05) is 0 Å².